The van der Waals surface area contributed by atoms with Gasteiger partial charge in [-0.1, -0.05) is 12.1 Å². The third kappa shape index (κ3) is 1.87. The van der Waals surface area contributed by atoms with Gasteiger partial charge in [-0.3, -0.25) is 4.90 Å². The second-order valence-corrected chi connectivity index (χ2v) is 3.31. The van der Waals surface area contributed by atoms with E-state index in [4.69, 9.17) is 9.63 Å². The summed E-state index contributed by atoms with van der Waals surface area (Å²) in [5.41, 5.74) is 0. The molecule has 0 radical (unpaired) electrons. The van der Waals surface area contributed by atoms with Gasteiger partial charge in [0, 0.05) is 19.5 Å². The van der Waals surface area contributed by atoms with Crippen LogP contribution in [-0.2, 0) is 13.0 Å². The number of likely N-dealkylation sites (tertiary alicyclic amines) is 1. The Kier molecular flexibility index (Phi) is 2.28. The van der Waals surface area contributed by atoms with Crippen molar-refractivity contribution in [2.45, 2.75) is 26.0 Å². The molecule has 72 valence electrons. The Labute approximate surface area is 76.4 Å². The quantitative estimate of drug-likeness (QED) is 0.703. The molecule has 13 heavy (non-hydrogen) atoms. The van der Waals surface area contributed by atoms with Crippen molar-refractivity contribution in [1.82, 2.24) is 15.0 Å². The summed E-state index contributed by atoms with van der Waals surface area (Å²) >= 11 is 0. The van der Waals surface area contributed by atoms with E-state index in [9.17, 15) is 0 Å². The largest absolute Gasteiger partial charge is 0.390 e. The van der Waals surface area contributed by atoms with E-state index in [1.54, 1.807) is 0 Å². The molecule has 1 saturated heterocycles. The fourth-order valence-corrected chi connectivity index (χ4v) is 1.37. The highest BCUT2D eigenvalue weighted by molar-refractivity contribution is 4.89. The van der Waals surface area contributed by atoms with E-state index in [1.165, 1.54) is 0 Å². The van der Waals surface area contributed by atoms with Gasteiger partial charge in [-0.2, -0.15) is 4.98 Å². The maximum atomic E-state index is 9.04. The summed E-state index contributed by atoms with van der Waals surface area (Å²) < 4.78 is 4.96. The zero-order valence-corrected chi connectivity index (χ0v) is 7.60. The first-order chi connectivity index (χ1) is 6.28. The van der Waals surface area contributed by atoms with E-state index in [-0.39, 0.29) is 6.10 Å². The van der Waals surface area contributed by atoms with Gasteiger partial charge in [-0.15, -0.1) is 0 Å². The number of nitrogens with zero attached hydrogens (tertiary/aromatic N) is 3. The van der Waals surface area contributed by atoms with Crippen LogP contribution in [0.5, 0.6) is 0 Å². The fraction of sp³-hybridized carbons (Fsp3) is 0.750. The van der Waals surface area contributed by atoms with E-state index in [0.29, 0.717) is 18.3 Å². The minimum Gasteiger partial charge on any atom is -0.390 e. The molecule has 1 fully saturated rings. The minimum absolute atomic E-state index is 0.169. The monoisotopic (exact) mass is 183 g/mol. The highest BCUT2D eigenvalue weighted by Crippen LogP contribution is 2.10. The van der Waals surface area contributed by atoms with Gasteiger partial charge in [0.1, 0.15) is 0 Å². The van der Waals surface area contributed by atoms with Crippen LogP contribution in [0, 0.1) is 0 Å². The predicted molar refractivity (Wildman–Crippen MR) is 45.0 cm³/mol. The third-order valence-electron chi connectivity index (χ3n) is 2.12. The molecule has 0 amide bonds. The number of aliphatic hydroxyl groups is 1. The maximum Gasteiger partial charge on any atom is 0.226 e. The SMILES string of the molecule is CCc1nc(CN2CC(O)C2)no1. The first-order valence-corrected chi connectivity index (χ1v) is 4.50. The standard InChI is InChI=1S/C8H13N3O2/c1-2-8-9-7(10-13-8)5-11-3-6(12)4-11/h6,12H,2-5H2,1H3. The summed E-state index contributed by atoms with van der Waals surface area (Å²) in [6.07, 6.45) is 0.604. The summed E-state index contributed by atoms with van der Waals surface area (Å²) in [4.78, 5) is 6.25. The van der Waals surface area contributed by atoms with Crippen molar-refractivity contribution in [1.29, 1.82) is 0 Å². The Hall–Kier alpha value is -0.940. The topological polar surface area (TPSA) is 62.4 Å². The van der Waals surface area contributed by atoms with Crippen molar-refractivity contribution in [3.8, 4) is 0 Å². The van der Waals surface area contributed by atoms with Crippen molar-refractivity contribution < 1.29 is 9.63 Å². The molecule has 1 aromatic heterocycles. The van der Waals surface area contributed by atoms with Gasteiger partial charge < -0.3 is 9.63 Å². The average molecular weight is 183 g/mol. The van der Waals surface area contributed by atoms with Gasteiger partial charge in [0.2, 0.25) is 5.89 Å². The van der Waals surface area contributed by atoms with E-state index in [1.807, 2.05) is 6.92 Å². The summed E-state index contributed by atoms with van der Waals surface area (Å²) in [5.74, 6) is 1.39. The molecule has 0 aromatic carbocycles. The lowest BCUT2D eigenvalue weighted by Gasteiger charge is -2.34. The van der Waals surface area contributed by atoms with Gasteiger partial charge in [-0.25, -0.2) is 0 Å². The zero-order chi connectivity index (χ0) is 9.26. The molecule has 0 bridgehead atoms. The van der Waals surface area contributed by atoms with Crippen molar-refractivity contribution >= 4 is 0 Å². The first kappa shape index (κ1) is 8.65. The summed E-state index contributed by atoms with van der Waals surface area (Å²) in [5, 5.41) is 12.9. The smallest absolute Gasteiger partial charge is 0.226 e. The van der Waals surface area contributed by atoms with Crippen LogP contribution in [0.25, 0.3) is 0 Å². The normalized spacial score (nSPS) is 18.9. The highest BCUT2D eigenvalue weighted by Gasteiger charge is 2.25. The van der Waals surface area contributed by atoms with Crippen LogP contribution in [0.3, 0.4) is 0 Å². The summed E-state index contributed by atoms with van der Waals surface area (Å²) in [7, 11) is 0. The van der Waals surface area contributed by atoms with Gasteiger partial charge in [0.25, 0.3) is 0 Å². The van der Waals surface area contributed by atoms with Crippen molar-refractivity contribution in [3.63, 3.8) is 0 Å². The van der Waals surface area contributed by atoms with Crippen LogP contribution in [0.1, 0.15) is 18.6 Å². The molecular formula is C8H13N3O2. The Morgan fingerprint density at radius 1 is 1.62 bits per heavy atom. The molecule has 5 heteroatoms. The van der Waals surface area contributed by atoms with E-state index >= 15 is 0 Å². The van der Waals surface area contributed by atoms with Gasteiger partial charge in [-0.05, 0) is 0 Å². The molecule has 0 spiro atoms. The van der Waals surface area contributed by atoms with Crippen LogP contribution in [-0.4, -0.2) is 39.3 Å². The summed E-state index contributed by atoms with van der Waals surface area (Å²) in [6, 6.07) is 0. The van der Waals surface area contributed by atoms with Crippen LogP contribution < -0.4 is 0 Å². The number of β-amino-alcohol motifs (C(OH)–C–C–N with tert-alkyl or cyclic N) is 1. The third-order valence-corrected chi connectivity index (χ3v) is 2.12. The van der Waals surface area contributed by atoms with Gasteiger partial charge in [0.15, 0.2) is 5.82 Å². The molecule has 2 heterocycles. The zero-order valence-electron chi connectivity index (χ0n) is 7.60. The number of rotatable bonds is 3. The number of aryl methyl sites for hydroxylation is 1. The lowest BCUT2D eigenvalue weighted by atomic mass is 10.2. The number of hydrogen-bond acceptors (Lipinski definition) is 5. The van der Waals surface area contributed by atoms with Crippen LogP contribution in [0.2, 0.25) is 0 Å². The van der Waals surface area contributed by atoms with Gasteiger partial charge in [0.05, 0.1) is 12.6 Å². The molecule has 1 aliphatic rings. The van der Waals surface area contributed by atoms with Crippen LogP contribution >= 0.6 is 0 Å². The molecule has 5 nitrogen and oxygen atoms in total. The molecule has 0 atom stereocenters. The minimum atomic E-state index is -0.169. The molecule has 1 aliphatic heterocycles. The second kappa shape index (κ2) is 3.43. The number of hydrogen-bond donors (Lipinski definition) is 1. The van der Waals surface area contributed by atoms with Crippen molar-refractivity contribution in [2.75, 3.05) is 13.1 Å². The molecule has 1 N–H and O–H groups in total. The van der Waals surface area contributed by atoms with Crippen molar-refractivity contribution in [2.24, 2.45) is 0 Å². The van der Waals surface area contributed by atoms with Crippen LogP contribution in [0.4, 0.5) is 0 Å². The highest BCUT2D eigenvalue weighted by atomic mass is 16.5. The van der Waals surface area contributed by atoms with E-state index in [2.05, 4.69) is 15.0 Å². The Morgan fingerprint density at radius 2 is 2.38 bits per heavy atom. The number of aromatic nitrogens is 2. The lowest BCUT2D eigenvalue weighted by Crippen LogP contribution is -2.49. The Morgan fingerprint density at radius 3 is 2.92 bits per heavy atom. The predicted octanol–water partition coefficient (Wildman–Crippen LogP) is -0.192. The summed E-state index contributed by atoms with van der Waals surface area (Å²) in [6.45, 7) is 4.09. The Balaban J connectivity index is 1.87. The second-order valence-electron chi connectivity index (χ2n) is 3.31. The Bertz CT molecular complexity index is 281. The van der Waals surface area contributed by atoms with E-state index < -0.39 is 0 Å². The molecule has 0 saturated carbocycles. The molecular weight excluding hydrogens is 170 g/mol. The van der Waals surface area contributed by atoms with Crippen LogP contribution in [0.15, 0.2) is 4.52 Å². The first-order valence-electron chi connectivity index (χ1n) is 4.50. The average Bonchev–Trinajstić information content (AvgIpc) is 2.50. The lowest BCUT2D eigenvalue weighted by molar-refractivity contribution is -0.00461. The molecule has 0 unspecified atom stereocenters. The fourth-order valence-electron chi connectivity index (χ4n) is 1.37. The number of aliphatic hydroxyl groups excluding tert-OH is 1. The van der Waals surface area contributed by atoms with E-state index in [0.717, 1.165) is 19.5 Å². The maximum absolute atomic E-state index is 9.04. The molecule has 0 aliphatic carbocycles. The molecule has 2 rings (SSSR count). The molecule has 1 aromatic rings. The van der Waals surface area contributed by atoms with Crippen molar-refractivity contribution in [3.05, 3.63) is 11.7 Å². The van der Waals surface area contributed by atoms with Gasteiger partial charge >= 0.3 is 0 Å².